The van der Waals surface area contributed by atoms with Crippen LogP contribution in [0.25, 0.3) is 0 Å². The first-order chi connectivity index (χ1) is 7.39. The van der Waals surface area contributed by atoms with Crippen LogP contribution in [-0.4, -0.2) is 66.5 Å². The van der Waals surface area contributed by atoms with Crippen molar-refractivity contribution in [1.82, 2.24) is 5.32 Å². The molecule has 0 saturated carbocycles. The molecular weight excluding hydrogens is 238 g/mol. The Morgan fingerprint density at radius 3 is 2.00 bits per heavy atom. The van der Waals surface area contributed by atoms with E-state index in [1.54, 1.807) is 7.05 Å². The summed E-state index contributed by atoms with van der Waals surface area (Å²) in [5, 5.41) is 30.0. The Morgan fingerprint density at radius 1 is 1.25 bits per heavy atom. The average molecular weight is 257 g/mol. The zero-order valence-corrected chi connectivity index (χ0v) is 9.94. The Labute approximate surface area is 94.9 Å². The van der Waals surface area contributed by atoms with Gasteiger partial charge in [-0.3, -0.25) is 4.55 Å². The van der Waals surface area contributed by atoms with Gasteiger partial charge in [-0.1, -0.05) is 0 Å². The number of hydrogen-bond acceptors (Lipinski definition) is 6. The summed E-state index contributed by atoms with van der Waals surface area (Å²) in [4.78, 5) is 0. The largest absolute Gasteiger partial charge is 0.396 e. The van der Waals surface area contributed by atoms with Crippen molar-refractivity contribution in [3.8, 4) is 0 Å². The van der Waals surface area contributed by atoms with E-state index in [9.17, 15) is 8.42 Å². The molecular formula is C8H19NO6S. The lowest BCUT2D eigenvalue weighted by molar-refractivity contribution is 0.0814. The normalized spacial score (nSPS) is 15.1. The maximum Gasteiger partial charge on any atom is 0.275 e. The molecule has 0 radical (unpaired) electrons. The van der Waals surface area contributed by atoms with Crippen molar-refractivity contribution in [1.29, 1.82) is 0 Å². The van der Waals surface area contributed by atoms with Crippen LogP contribution in [0.1, 0.15) is 6.42 Å². The van der Waals surface area contributed by atoms with E-state index in [1.165, 1.54) is 0 Å². The summed E-state index contributed by atoms with van der Waals surface area (Å²) >= 11 is 0. The van der Waals surface area contributed by atoms with Crippen LogP contribution in [0, 0.1) is 5.92 Å². The van der Waals surface area contributed by atoms with Gasteiger partial charge in [0.2, 0.25) is 0 Å². The van der Waals surface area contributed by atoms with Crippen molar-refractivity contribution in [2.45, 2.75) is 11.2 Å². The van der Waals surface area contributed by atoms with Gasteiger partial charge in [0.1, 0.15) is 4.75 Å². The molecule has 0 heterocycles. The molecule has 0 aromatic carbocycles. The highest BCUT2D eigenvalue weighted by Crippen LogP contribution is 2.28. The number of hydrogen-bond donors (Lipinski definition) is 5. The van der Waals surface area contributed by atoms with E-state index < -0.39 is 40.6 Å². The van der Waals surface area contributed by atoms with Gasteiger partial charge in [0.15, 0.2) is 0 Å². The minimum atomic E-state index is -4.66. The maximum atomic E-state index is 11.2. The summed E-state index contributed by atoms with van der Waals surface area (Å²) < 4.78 is 29.3. The Kier molecular flexibility index (Phi) is 6.38. The molecule has 16 heavy (non-hydrogen) atoms. The molecule has 1 atom stereocenters. The van der Waals surface area contributed by atoms with Gasteiger partial charge in [-0.2, -0.15) is 8.42 Å². The van der Waals surface area contributed by atoms with Gasteiger partial charge < -0.3 is 20.6 Å². The summed E-state index contributed by atoms with van der Waals surface area (Å²) in [5.74, 6) is -0.940. The molecule has 0 aliphatic heterocycles. The molecule has 8 heteroatoms. The van der Waals surface area contributed by atoms with Crippen LogP contribution >= 0.6 is 0 Å². The number of aliphatic hydroxyl groups is 3. The molecule has 0 aliphatic carbocycles. The van der Waals surface area contributed by atoms with Crippen LogP contribution < -0.4 is 5.32 Å². The van der Waals surface area contributed by atoms with Crippen molar-refractivity contribution in [3.63, 3.8) is 0 Å². The summed E-state index contributed by atoms with van der Waals surface area (Å²) in [7, 11) is -3.02. The zero-order chi connectivity index (χ0) is 12.8. The summed E-state index contributed by atoms with van der Waals surface area (Å²) in [6.45, 7) is -2.06. The first-order valence-electron chi connectivity index (χ1n) is 4.83. The fourth-order valence-corrected chi connectivity index (χ4v) is 2.46. The highest BCUT2D eigenvalue weighted by atomic mass is 32.2. The molecule has 0 saturated heterocycles. The monoisotopic (exact) mass is 257 g/mol. The summed E-state index contributed by atoms with van der Waals surface area (Å²) in [5.41, 5.74) is 0. The molecule has 0 bridgehead atoms. The van der Waals surface area contributed by atoms with E-state index in [0.717, 1.165) is 0 Å². The molecule has 0 fully saturated rings. The van der Waals surface area contributed by atoms with Crippen LogP contribution in [0.3, 0.4) is 0 Å². The topological polar surface area (TPSA) is 127 Å². The lowest BCUT2D eigenvalue weighted by atomic mass is 9.90. The van der Waals surface area contributed by atoms with Gasteiger partial charge >= 0.3 is 0 Å². The quantitative estimate of drug-likeness (QED) is 0.313. The fourth-order valence-electron chi connectivity index (χ4n) is 1.52. The maximum absolute atomic E-state index is 11.2. The third-order valence-corrected chi connectivity index (χ3v) is 4.38. The van der Waals surface area contributed by atoms with Crippen molar-refractivity contribution in [3.05, 3.63) is 0 Å². The van der Waals surface area contributed by atoms with E-state index in [2.05, 4.69) is 5.32 Å². The van der Waals surface area contributed by atoms with E-state index >= 15 is 0 Å². The van der Waals surface area contributed by atoms with Crippen molar-refractivity contribution < 1.29 is 28.3 Å². The van der Waals surface area contributed by atoms with E-state index in [4.69, 9.17) is 19.9 Å². The predicted octanol–water partition coefficient (Wildman–Crippen LogP) is -2.18. The van der Waals surface area contributed by atoms with Crippen LogP contribution in [-0.2, 0) is 10.1 Å². The van der Waals surface area contributed by atoms with E-state index in [1.807, 2.05) is 0 Å². The van der Waals surface area contributed by atoms with Gasteiger partial charge in [-0.15, -0.1) is 0 Å². The highest BCUT2D eigenvalue weighted by molar-refractivity contribution is 7.87. The molecule has 7 nitrogen and oxygen atoms in total. The predicted molar refractivity (Wildman–Crippen MR) is 57.6 cm³/mol. The number of rotatable bonds is 8. The van der Waals surface area contributed by atoms with Gasteiger partial charge in [-0.25, -0.2) is 0 Å². The Morgan fingerprint density at radius 2 is 1.75 bits per heavy atom. The van der Waals surface area contributed by atoms with E-state index in [0.29, 0.717) is 6.54 Å². The molecule has 0 amide bonds. The molecule has 5 N–H and O–H groups in total. The van der Waals surface area contributed by atoms with Crippen LogP contribution in [0.4, 0.5) is 0 Å². The average Bonchev–Trinajstić information content (AvgIpc) is 2.22. The first-order valence-corrected chi connectivity index (χ1v) is 6.27. The fraction of sp³-hybridized carbons (Fsp3) is 1.00. The highest BCUT2D eigenvalue weighted by Gasteiger charge is 2.48. The molecule has 0 aliphatic rings. The lowest BCUT2D eigenvalue weighted by Gasteiger charge is -2.33. The van der Waals surface area contributed by atoms with Gasteiger partial charge in [0.05, 0.1) is 13.2 Å². The van der Waals surface area contributed by atoms with Gasteiger partial charge in [0, 0.05) is 12.5 Å². The Bertz CT molecular complexity index is 287. The minimum absolute atomic E-state index is 0.202. The molecule has 0 aromatic rings. The minimum Gasteiger partial charge on any atom is -0.396 e. The van der Waals surface area contributed by atoms with Gasteiger partial charge in [0.25, 0.3) is 10.1 Å². The van der Waals surface area contributed by atoms with Crippen LogP contribution in [0.5, 0.6) is 0 Å². The standard InChI is InChI=1S/C8H19NO6S/c1-9-3-2-7(4-10)8(5-11,6-12)16(13,14)15/h7,9-12H,2-6H2,1H3,(H,13,14,15). The van der Waals surface area contributed by atoms with Crippen LogP contribution in [0.2, 0.25) is 0 Å². The smallest absolute Gasteiger partial charge is 0.275 e. The van der Waals surface area contributed by atoms with Gasteiger partial charge in [-0.05, 0) is 20.0 Å². The molecule has 0 rings (SSSR count). The van der Waals surface area contributed by atoms with Crippen molar-refractivity contribution in [2.75, 3.05) is 33.4 Å². The third kappa shape index (κ3) is 3.12. The van der Waals surface area contributed by atoms with Crippen molar-refractivity contribution >= 4 is 10.1 Å². The van der Waals surface area contributed by atoms with E-state index in [-0.39, 0.29) is 6.42 Å². The second kappa shape index (κ2) is 6.48. The van der Waals surface area contributed by atoms with Crippen LogP contribution in [0.15, 0.2) is 0 Å². The summed E-state index contributed by atoms with van der Waals surface area (Å²) in [6, 6.07) is 0. The zero-order valence-electron chi connectivity index (χ0n) is 9.13. The summed E-state index contributed by atoms with van der Waals surface area (Å²) in [6.07, 6.45) is 0.202. The third-order valence-electron chi connectivity index (χ3n) is 2.76. The lowest BCUT2D eigenvalue weighted by Crippen LogP contribution is -2.53. The first kappa shape index (κ1) is 15.8. The molecule has 0 aromatic heterocycles. The molecule has 98 valence electrons. The SMILES string of the molecule is CNCCC(CO)C(CO)(CO)S(=O)(=O)O. The molecule has 0 spiro atoms. The van der Waals surface area contributed by atoms with Crippen molar-refractivity contribution in [2.24, 2.45) is 5.92 Å². The number of aliphatic hydroxyl groups excluding tert-OH is 3. The number of nitrogens with one attached hydrogen (secondary N) is 1. The Hall–Kier alpha value is -0.250. The second-order valence-electron chi connectivity index (χ2n) is 3.63. The Balaban J connectivity index is 5.14. The molecule has 1 unspecified atom stereocenters. The second-order valence-corrected chi connectivity index (χ2v) is 5.39.